The molecule has 6 nitrogen and oxygen atoms in total. The van der Waals surface area contributed by atoms with E-state index in [-0.39, 0.29) is 6.03 Å². The molecule has 1 N–H and O–H groups in total. The number of hydrogen-bond donors (Lipinski definition) is 1. The van der Waals surface area contributed by atoms with E-state index in [0.717, 1.165) is 18.4 Å². The first-order chi connectivity index (χ1) is 9.59. The Bertz CT molecular complexity index is 478. The van der Waals surface area contributed by atoms with E-state index >= 15 is 0 Å². The van der Waals surface area contributed by atoms with Crippen molar-refractivity contribution in [2.75, 3.05) is 20.1 Å². The molecule has 1 aliphatic rings. The number of carboxylic acid groups (broad SMARTS) is 1. The third kappa shape index (κ3) is 3.26. The Balaban J connectivity index is 1.90. The van der Waals surface area contributed by atoms with E-state index < -0.39 is 12.0 Å². The second-order valence-electron chi connectivity index (χ2n) is 5.00. The van der Waals surface area contributed by atoms with Gasteiger partial charge in [0.05, 0.1) is 0 Å². The van der Waals surface area contributed by atoms with Gasteiger partial charge in [0.25, 0.3) is 0 Å². The number of urea groups is 1. The van der Waals surface area contributed by atoms with E-state index in [1.54, 1.807) is 24.3 Å². The highest BCUT2D eigenvalue weighted by Crippen LogP contribution is 2.19. The summed E-state index contributed by atoms with van der Waals surface area (Å²) in [7, 11) is 1.71. The number of aromatic nitrogens is 1. The second-order valence-corrected chi connectivity index (χ2v) is 5.00. The number of nitrogens with zero attached hydrogens (tertiary/aromatic N) is 3. The van der Waals surface area contributed by atoms with Crippen LogP contribution in [0.4, 0.5) is 4.79 Å². The number of carbonyl (C=O) groups is 2. The van der Waals surface area contributed by atoms with E-state index in [1.165, 1.54) is 4.90 Å². The molecule has 0 bridgehead atoms. The number of pyridine rings is 1. The lowest BCUT2D eigenvalue weighted by atomic mass is 10.2. The average Bonchev–Trinajstić information content (AvgIpc) is 2.94. The monoisotopic (exact) mass is 277 g/mol. The van der Waals surface area contributed by atoms with Crippen LogP contribution in [0.3, 0.4) is 0 Å². The van der Waals surface area contributed by atoms with Crippen LogP contribution in [0.25, 0.3) is 0 Å². The van der Waals surface area contributed by atoms with Crippen LogP contribution >= 0.6 is 0 Å². The van der Waals surface area contributed by atoms with E-state index in [4.69, 9.17) is 5.11 Å². The maximum absolute atomic E-state index is 12.3. The van der Waals surface area contributed by atoms with Crippen LogP contribution in [-0.4, -0.2) is 58.1 Å². The molecule has 108 valence electrons. The second kappa shape index (κ2) is 6.36. The Morgan fingerprint density at radius 2 is 2.15 bits per heavy atom. The van der Waals surface area contributed by atoms with Crippen LogP contribution in [-0.2, 0) is 11.2 Å². The van der Waals surface area contributed by atoms with Crippen molar-refractivity contribution >= 4 is 12.0 Å². The lowest BCUT2D eigenvalue weighted by Gasteiger charge is -2.27. The number of likely N-dealkylation sites (N-methyl/N-ethyl adjacent to an activating group) is 1. The molecule has 0 spiro atoms. The van der Waals surface area contributed by atoms with Gasteiger partial charge < -0.3 is 14.9 Å². The van der Waals surface area contributed by atoms with E-state index in [2.05, 4.69) is 4.98 Å². The van der Waals surface area contributed by atoms with Crippen molar-refractivity contribution in [1.82, 2.24) is 14.8 Å². The molecule has 1 aromatic heterocycles. The molecular weight excluding hydrogens is 258 g/mol. The van der Waals surface area contributed by atoms with Gasteiger partial charge in [-0.15, -0.1) is 0 Å². The Morgan fingerprint density at radius 1 is 1.45 bits per heavy atom. The molecule has 1 atom stereocenters. The molecule has 0 radical (unpaired) electrons. The summed E-state index contributed by atoms with van der Waals surface area (Å²) >= 11 is 0. The molecule has 2 rings (SSSR count). The summed E-state index contributed by atoms with van der Waals surface area (Å²) in [5, 5.41) is 9.10. The van der Waals surface area contributed by atoms with E-state index in [9.17, 15) is 9.59 Å². The molecule has 1 aromatic rings. The summed E-state index contributed by atoms with van der Waals surface area (Å²) in [6.07, 6.45) is 5.46. The first-order valence-electron chi connectivity index (χ1n) is 6.73. The molecule has 20 heavy (non-hydrogen) atoms. The lowest BCUT2D eigenvalue weighted by Crippen LogP contribution is -2.47. The summed E-state index contributed by atoms with van der Waals surface area (Å²) in [4.78, 5) is 30.3. The maximum atomic E-state index is 12.3. The molecule has 1 fully saturated rings. The van der Waals surface area contributed by atoms with Gasteiger partial charge >= 0.3 is 12.0 Å². The van der Waals surface area contributed by atoms with Gasteiger partial charge in [0.1, 0.15) is 6.04 Å². The van der Waals surface area contributed by atoms with Crippen LogP contribution < -0.4 is 0 Å². The first kappa shape index (κ1) is 14.3. The third-order valence-corrected chi connectivity index (χ3v) is 3.60. The molecular formula is C14H19N3O3. The van der Waals surface area contributed by atoms with Gasteiger partial charge in [0.2, 0.25) is 0 Å². The number of carboxylic acids is 1. The molecule has 2 heterocycles. The number of hydrogen-bond acceptors (Lipinski definition) is 3. The standard InChI is InChI=1S/C14H19N3O3/c1-16(10-6-11-4-7-15-8-5-11)14(20)17-9-2-3-12(17)13(18)19/h4-5,7-8,12H,2-3,6,9-10H2,1H3,(H,18,19)/t12-/m1/s1. The van der Waals surface area contributed by atoms with Crippen molar-refractivity contribution in [3.8, 4) is 0 Å². The van der Waals surface area contributed by atoms with Crippen LogP contribution in [0.5, 0.6) is 0 Å². The minimum atomic E-state index is -0.918. The van der Waals surface area contributed by atoms with Crippen molar-refractivity contribution in [3.05, 3.63) is 30.1 Å². The molecule has 1 saturated heterocycles. The van der Waals surface area contributed by atoms with Gasteiger partial charge in [0.15, 0.2) is 0 Å². The Morgan fingerprint density at radius 3 is 2.80 bits per heavy atom. The van der Waals surface area contributed by atoms with Crippen molar-refractivity contribution in [2.45, 2.75) is 25.3 Å². The van der Waals surface area contributed by atoms with Gasteiger partial charge in [-0.05, 0) is 37.0 Å². The minimum Gasteiger partial charge on any atom is -0.480 e. The fourth-order valence-corrected chi connectivity index (χ4v) is 2.41. The normalized spacial score (nSPS) is 18.1. The quantitative estimate of drug-likeness (QED) is 0.898. The zero-order valence-electron chi connectivity index (χ0n) is 11.5. The highest BCUT2D eigenvalue weighted by atomic mass is 16.4. The fraction of sp³-hybridized carbons (Fsp3) is 0.500. The number of aliphatic carboxylic acids is 1. The number of rotatable bonds is 4. The summed E-state index contributed by atoms with van der Waals surface area (Å²) in [5.41, 5.74) is 1.11. The third-order valence-electron chi connectivity index (χ3n) is 3.60. The van der Waals surface area contributed by atoms with Gasteiger partial charge in [-0.2, -0.15) is 0 Å². The molecule has 0 saturated carbocycles. The summed E-state index contributed by atoms with van der Waals surface area (Å²) < 4.78 is 0. The summed E-state index contributed by atoms with van der Waals surface area (Å²) in [6.45, 7) is 1.08. The number of amides is 2. The van der Waals surface area contributed by atoms with Crippen molar-refractivity contribution in [2.24, 2.45) is 0 Å². The zero-order valence-corrected chi connectivity index (χ0v) is 11.5. The predicted octanol–water partition coefficient (Wildman–Crippen LogP) is 1.22. The SMILES string of the molecule is CN(CCc1ccncc1)C(=O)N1CCC[C@@H]1C(=O)O. The zero-order chi connectivity index (χ0) is 14.5. The van der Waals surface area contributed by atoms with Crippen LogP contribution in [0.2, 0.25) is 0 Å². The van der Waals surface area contributed by atoms with Crippen LogP contribution in [0, 0.1) is 0 Å². The summed E-state index contributed by atoms with van der Waals surface area (Å²) in [6, 6.07) is 2.94. The highest BCUT2D eigenvalue weighted by molar-refractivity contribution is 5.83. The van der Waals surface area contributed by atoms with Gasteiger partial charge in [-0.3, -0.25) is 4.98 Å². The minimum absolute atomic E-state index is 0.205. The lowest BCUT2D eigenvalue weighted by molar-refractivity contribution is -0.141. The molecule has 6 heteroatoms. The van der Waals surface area contributed by atoms with Crippen molar-refractivity contribution in [1.29, 1.82) is 0 Å². The maximum Gasteiger partial charge on any atom is 0.326 e. The highest BCUT2D eigenvalue weighted by Gasteiger charge is 2.35. The Hall–Kier alpha value is -2.11. The van der Waals surface area contributed by atoms with E-state index in [0.29, 0.717) is 19.5 Å². The average molecular weight is 277 g/mol. The largest absolute Gasteiger partial charge is 0.480 e. The van der Waals surface area contributed by atoms with Crippen molar-refractivity contribution < 1.29 is 14.7 Å². The first-order valence-corrected chi connectivity index (χ1v) is 6.73. The van der Waals surface area contributed by atoms with Crippen molar-refractivity contribution in [3.63, 3.8) is 0 Å². The number of likely N-dealkylation sites (tertiary alicyclic amines) is 1. The molecule has 0 unspecified atom stereocenters. The molecule has 0 aromatic carbocycles. The molecule has 0 aliphatic carbocycles. The Labute approximate surface area is 118 Å². The van der Waals surface area contributed by atoms with E-state index in [1.807, 2.05) is 12.1 Å². The molecule has 1 aliphatic heterocycles. The van der Waals surface area contributed by atoms with Crippen LogP contribution in [0.15, 0.2) is 24.5 Å². The molecule has 2 amide bonds. The number of carbonyl (C=O) groups excluding carboxylic acids is 1. The van der Waals surface area contributed by atoms with Gasteiger partial charge in [0, 0.05) is 32.5 Å². The Kier molecular flexibility index (Phi) is 4.55. The van der Waals surface area contributed by atoms with Crippen LogP contribution in [0.1, 0.15) is 18.4 Å². The predicted molar refractivity (Wildman–Crippen MR) is 73.3 cm³/mol. The fourth-order valence-electron chi connectivity index (χ4n) is 2.41. The van der Waals surface area contributed by atoms with Gasteiger partial charge in [-0.1, -0.05) is 0 Å². The van der Waals surface area contributed by atoms with Gasteiger partial charge in [-0.25, -0.2) is 9.59 Å². The topological polar surface area (TPSA) is 73.7 Å². The smallest absolute Gasteiger partial charge is 0.326 e. The summed E-state index contributed by atoms with van der Waals surface area (Å²) in [5.74, 6) is -0.918.